The van der Waals surface area contributed by atoms with E-state index in [1.54, 1.807) is 41.7 Å². The Morgan fingerprint density at radius 3 is 1.69 bits per heavy atom. The fourth-order valence-electron chi connectivity index (χ4n) is 11.7. The summed E-state index contributed by atoms with van der Waals surface area (Å²) >= 11 is 0. The van der Waals surface area contributed by atoms with Crippen LogP contribution in [0.3, 0.4) is 0 Å². The molecule has 1 aromatic rings. The largest absolute Gasteiger partial charge is 0.450 e. The number of cyclic esters (lactones) is 1. The van der Waals surface area contributed by atoms with Gasteiger partial charge in [-0.1, -0.05) is 125 Å². The number of hydrogen-bond acceptors (Lipinski definition) is 11. The number of carbonyl (C=O) groups is 9. The van der Waals surface area contributed by atoms with E-state index in [1.165, 1.54) is 54.6 Å². The lowest BCUT2D eigenvalue weighted by Gasteiger charge is -2.40. The van der Waals surface area contributed by atoms with Crippen molar-refractivity contribution in [3.05, 3.63) is 35.9 Å². The Morgan fingerprint density at radius 2 is 1.17 bits per heavy atom. The third-order valence-electron chi connectivity index (χ3n) is 16.6. The second-order valence-electron chi connectivity index (χ2n) is 24.3. The fraction of sp³-hybridized carbons (Fsp3) is 0.746. The van der Waals surface area contributed by atoms with E-state index in [9.17, 15) is 38.7 Å². The van der Waals surface area contributed by atoms with Gasteiger partial charge in [0.1, 0.15) is 42.3 Å². The van der Waals surface area contributed by atoms with Gasteiger partial charge in [0.2, 0.25) is 41.4 Å². The van der Waals surface area contributed by atoms with Crippen LogP contribution in [0, 0.1) is 35.5 Å². The van der Waals surface area contributed by atoms with Gasteiger partial charge >= 0.3 is 5.97 Å². The lowest BCUT2D eigenvalue weighted by molar-refractivity contribution is -0.177. The van der Waals surface area contributed by atoms with Crippen molar-refractivity contribution in [3.8, 4) is 0 Å². The maximum atomic E-state index is 15.4. The highest BCUT2D eigenvalue weighted by Gasteiger charge is 2.48. The Hall–Kier alpha value is -5.59. The van der Waals surface area contributed by atoms with Gasteiger partial charge in [-0.15, -0.1) is 0 Å². The standard InChI is InChI=1S/C59H96N8O11/c1-17-37(9)44-55(73)64(14)46(35(5)6)51(69)60-41(32-34(3)4)53(71)66(16)49(59(11,12)77)58(76)78-48(38(10)18-2)57(75)65(15)47(36(7)8)52(70)62-45(40-28-23-20-24-29-40)56(74)63(13)43(33-39-26-21-19-22-27-39)54(72)67-31-25-30-42(67)50(68)61-44/h19,21-22,26-27,34-38,40-49,77H,17-18,20,23-25,28-33H2,1-16H3,(H,60,69)(H,61,68)(H,62,70)/t37-,38-,41-,42-,43-,44-,45-,46-,47-,48+,49+/m0/s1. The number of aliphatic hydroxyl groups is 1. The molecule has 3 fully saturated rings. The van der Waals surface area contributed by atoms with Gasteiger partial charge in [0.15, 0.2) is 12.1 Å². The van der Waals surface area contributed by atoms with Crippen molar-refractivity contribution in [2.45, 2.75) is 214 Å². The van der Waals surface area contributed by atoms with Gasteiger partial charge in [-0.05, 0) is 87.5 Å². The van der Waals surface area contributed by atoms with Gasteiger partial charge in [-0.2, -0.15) is 0 Å². The van der Waals surface area contributed by atoms with Crippen LogP contribution in [0.25, 0.3) is 0 Å². The molecule has 3 aliphatic rings. The van der Waals surface area contributed by atoms with Crippen molar-refractivity contribution in [2.24, 2.45) is 35.5 Å². The first-order chi connectivity index (χ1) is 36.5. The van der Waals surface area contributed by atoms with Gasteiger partial charge in [0, 0.05) is 47.1 Å². The van der Waals surface area contributed by atoms with E-state index in [-0.39, 0.29) is 37.6 Å². The zero-order valence-corrected chi connectivity index (χ0v) is 49.8. The van der Waals surface area contributed by atoms with E-state index in [0.29, 0.717) is 32.1 Å². The summed E-state index contributed by atoms with van der Waals surface area (Å²) in [6.07, 6.45) is 4.06. The Morgan fingerprint density at radius 1 is 0.615 bits per heavy atom. The zero-order valence-electron chi connectivity index (χ0n) is 49.8. The second kappa shape index (κ2) is 28.5. The third kappa shape index (κ3) is 15.8. The molecule has 0 aromatic heterocycles. The van der Waals surface area contributed by atoms with Crippen LogP contribution in [-0.4, -0.2) is 178 Å². The molecule has 2 saturated heterocycles. The SMILES string of the molecule is CC[C@H](C)[C@@H]1NC(=O)[C@@H]2CCCN2C(=O)[C@H](Cc2ccccc2)N(C)C(=O)[C@H](C2CCCCC2)NC(=O)[C@H](C(C)C)N(C)C(=O)[C@@H]([C@@H](C)CC)OC(=O)[C@H](C(C)(C)O)N(C)C(=O)[C@H](CC(C)C)NC(=O)[C@H](C(C)C)N(C)C1=O. The van der Waals surface area contributed by atoms with Crippen LogP contribution >= 0.6 is 0 Å². The van der Waals surface area contributed by atoms with Gasteiger partial charge in [-0.3, -0.25) is 38.4 Å². The molecule has 0 unspecified atom stereocenters. The molecule has 4 N–H and O–H groups in total. The Labute approximate surface area is 465 Å². The summed E-state index contributed by atoms with van der Waals surface area (Å²) < 4.78 is 6.11. The number of hydrogen-bond donors (Lipinski definition) is 4. The van der Waals surface area contributed by atoms with Crippen LogP contribution in [-0.2, 0) is 54.3 Å². The molecular weight excluding hydrogens is 997 g/mol. The molecule has 8 amide bonds. The molecule has 2 heterocycles. The quantitative estimate of drug-likeness (QED) is 0.209. The number of nitrogens with zero attached hydrogens (tertiary/aromatic N) is 5. The summed E-state index contributed by atoms with van der Waals surface area (Å²) in [6.45, 7) is 20.8. The first-order valence-corrected chi connectivity index (χ1v) is 28.7. The highest BCUT2D eigenvalue weighted by atomic mass is 16.6. The number of nitrogens with one attached hydrogen (secondary N) is 3. The number of benzene rings is 1. The Kier molecular flexibility index (Phi) is 23.7. The molecule has 1 aliphatic carbocycles. The summed E-state index contributed by atoms with van der Waals surface area (Å²) in [4.78, 5) is 141. The summed E-state index contributed by atoms with van der Waals surface area (Å²) in [5.41, 5.74) is -1.20. The van der Waals surface area contributed by atoms with E-state index >= 15 is 9.59 Å². The van der Waals surface area contributed by atoms with Gasteiger partial charge in [0.05, 0.1) is 5.60 Å². The Bertz CT molecular complexity index is 2250. The molecular formula is C59H96N8O11. The number of amides is 8. The summed E-state index contributed by atoms with van der Waals surface area (Å²) in [7, 11) is 5.77. The van der Waals surface area contributed by atoms with E-state index in [2.05, 4.69) is 16.0 Å². The molecule has 4 rings (SSSR count). The molecule has 0 spiro atoms. The number of esters is 1. The Balaban J connectivity index is 1.97. The van der Waals surface area contributed by atoms with Crippen LogP contribution in [0.15, 0.2) is 30.3 Å². The van der Waals surface area contributed by atoms with Crippen LogP contribution in [0.2, 0.25) is 0 Å². The number of ether oxygens (including phenoxy) is 1. The highest BCUT2D eigenvalue weighted by molar-refractivity contribution is 5.99. The van der Waals surface area contributed by atoms with E-state index in [1.807, 2.05) is 65.0 Å². The van der Waals surface area contributed by atoms with Gasteiger partial charge in [-0.25, -0.2) is 4.79 Å². The molecule has 2 aliphatic heterocycles. The molecule has 1 aromatic carbocycles. The molecule has 0 bridgehead atoms. The minimum atomic E-state index is -1.96. The van der Waals surface area contributed by atoms with E-state index in [4.69, 9.17) is 4.74 Å². The first kappa shape index (κ1) is 64.9. The van der Waals surface area contributed by atoms with Crippen molar-refractivity contribution in [1.82, 2.24) is 40.4 Å². The second-order valence-corrected chi connectivity index (χ2v) is 24.3. The predicted molar refractivity (Wildman–Crippen MR) is 298 cm³/mol. The molecule has 11 atom stereocenters. The number of carbonyl (C=O) groups excluding carboxylic acids is 9. The lowest BCUT2D eigenvalue weighted by Crippen LogP contribution is -2.63. The lowest BCUT2D eigenvalue weighted by atomic mass is 9.82. The van der Waals surface area contributed by atoms with Crippen LogP contribution in [0.1, 0.15) is 153 Å². The van der Waals surface area contributed by atoms with Crippen LogP contribution in [0.5, 0.6) is 0 Å². The average molecular weight is 1090 g/mol. The topological polar surface area (TPSA) is 235 Å². The predicted octanol–water partition coefficient (Wildman–Crippen LogP) is 4.71. The summed E-state index contributed by atoms with van der Waals surface area (Å²) in [5, 5.41) is 20.6. The molecule has 438 valence electrons. The van der Waals surface area contributed by atoms with Crippen molar-refractivity contribution in [2.75, 3.05) is 34.7 Å². The van der Waals surface area contributed by atoms with Crippen LogP contribution < -0.4 is 16.0 Å². The van der Waals surface area contributed by atoms with Crippen molar-refractivity contribution >= 4 is 53.2 Å². The zero-order chi connectivity index (χ0) is 58.7. The molecule has 78 heavy (non-hydrogen) atoms. The minimum absolute atomic E-state index is 0.0881. The van der Waals surface area contributed by atoms with Crippen molar-refractivity contribution < 1.29 is 53.0 Å². The van der Waals surface area contributed by atoms with Crippen molar-refractivity contribution in [3.63, 3.8) is 0 Å². The van der Waals surface area contributed by atoms with E-state index < -0.39 is 137 Å². The monoisotopic (exact) mass is 1090 g/mol. The van der Waals surface area contributed by atoms with Gasteiger partial charge in [0.25, 0.3) is 5.91 Å². The first-order valence-electron chi connectivity index (χ1n) is 28.7. The number of rotatable bonds is 12. The average Bonchev–Trinajstić information content (AvgIpc) is 3.88. The molecule has 19 nitrogen and oxygen atoms in total. The molecule has 0 radical (unpaired) electrons. The fourth-order valence-corrected chi connectivity index (χ4v) is 11.7. The minimum Gasteiger partial charge on any atom is -0.450 e. The maximum Gasteiger partial charge on any atom is 0.332 e. The number of likely N-dealkylation sites (N-methyl/N-ethyl adjacent to an activating group) is 4. The maximum absolute atomic E-state index is 15.4. The van der Waals surface area contributed by atoms with E-state index in [0.717, 1.165) is 29.7 Å². The number of fused-ring (bicyclic) bond motifs is 1. The van der Waals surface area contributed by atoms with Crippen molar-refractivity contribution in [1.29, 1.82) is 0 Å². The third-order valence-corrected chi connectivity index (χ3v) is 16.6. The molecule has 1 saturated carbocycles. The van der Waals surface area contributed by atoms with Crippen LogP contribution in [0.4, 0.5) is 0 Å². The van der Waals surface area contributed by atoms with Gasteiger partial charge < -0.3 is 50.3 Å². The molecule has 19 heteroatoms. The summed E-state index contributed by atoms with van der Waals surface area (Å²) in [5.74, 6) is -8.54. The smallest absolute Gasteiger partial charge is 0.332 e. The normalized spacial score (nSPS) is 28.2. The highest BCUT2D eigenvalue weighted by Crippen LogP contribution is 2.31. The summed E-state index contributed by atoms with van der Waals surface area (Å²) in [6, 6.07) is -0.453.